The van der Waals surface area contributed by atoms with Crippen LogP contribution in [0.5, 0.6) is 11.5 Å². The van der Waals surface area contributed by atoms with Gasteiger partial charge >= 0.3 is 0 Å². The number of methoxy groups -OCH3 is 2. The van der Waals surface area contributed by atoms with E-state index in [4.69, 9.17) is 30.6 Å². The fourth-order valence-electron chi connectivity index (χ4n) is 4.28. The molecule has 2 aliphatic rings. The van der Waals surface area contributed by atoms with Gasteiger partial charge in [0, 0.05) is 34.8 Å². The number of benzene rings is 2. The van der Waals surface area contributed by atoms with Gasteiger partial charge in [0.05, 0.1) is 14.2 Å². The van der Waals surface area contributed by atoms with E-state index in [9.17, 15) is 9.90 Å². The van der Waals surface area contributed by atoms with Crippen LogP contribution in [0.25, 0.3) is 0 Å². The van der Waals surface area contributed by atoms with Crippen molar-refractivity contribution in [3.8, 4) is 11.5 Å². The number of aliphatic hydroxyl groups excluding tert-OH is 1. The van der Waals surface area contributed by atoms with Gasteiger partial charge in [0.1, 0.15) is 18.0 Å². The van der Waals surface area contributed by atoms with Gasteiger partial charge in [-0.3, -0.25) is 4.79 Å². The highest BCUT2D eigenvalue weighted by molar-refractivity contribution is 6.30. The summed E-state index contributed by atoms with van der Waals surface area (Å²) in [6, 6.07) is 10.9. The average Bonchev–Trinajstić information content (AvgIpc) is 3.19. The summed E-state index contributed by atoms with van der Waals surface area (Å²) >= 11 is 6.43. The maximum Gasteiger partial charge on any atom is 0.280 e. The molecule has 0 aliphatic carbocycles. The quantitative estimate of drug-likeness (QED) is 0.617. The molecule has 1 amide bonds. The van der Waals surface area contributed by atoms with Crippen LogP contribution in [-0.4, -0.2) is 50.1 Å². The van der Waals surface area contributed by atoms with Crippen LogP contribution in [0.1, 0.15) is 44.4 Å². The van der Waals surface area contributed by atoms with Crippen molar-refractivity contribution in [2.24, 2.45) is 10.4 Å². The van der Waals surface area contributed by atoms with E-state index in [1.807, 2.05) is 24.3 Å². The predicted molar refractivity (Wildman–Crippen MR) is 132 cm³/mol. The maximum atomic E-state index is 13.9. The Morgan fingerprint density at radius 2 is 1.94 bits per heavy atom. The molecule has 0 radical (unpaired) electrons. The molecule has 35 heavy (non-hydrogen) atoms. The second-order valence-corrected chi connectivity index (χ2v) is 10.0. The number of aliphatic hydroxyl groups is 1. The summed E-state index contributed by atoms with van der Waals surface area (Å²) in [6.45, 7) is 6.63. The zero-order chi connectivity index (χ0) is 25.3. The number of aliphatic imine (C=N–C) groups is 1. The number of halogens is 1. The molecule has 10 heteroatoms. The van der Waals surface area contributed by atoms with Crippen molar-refractivity contribution in [3.05, 3.63) is 52.5 Å². The van der Waals surface area contributed by atoms with Gasteiger partial charge in [-0.25, -0.2) is 15.3 Å². The van der Waals surface area contributed by atoms with Crippen LogP contribution in [0.15, 0.2) is 41.4 Å². The molecule has 188 valence electrons. The van der Waals surface area contributed by atoms with Crippen molar-refractivity contribution in [2.45, 2.75) is 45.8 Å². The highest BCUT2D eigenvalue weighted by Gasteiger charge is 2.40. The van der Waals surface area contributed by atoms with E-state index in [-0.39, 0.29) is 17.7 Å². The Balaban J connectivity index is 1.89. The van der Waals surface area contributed by atoms with Gasteiger partial charge in [-0.2, -0.15) is 0 Å². The lowest BCUT2D eigenvalue weighted by Crippen LogP contribution is -2.44. The van der Waals surface area contributed by atoms with Crippen LogP contribution in [0.2, 0.25) is 5.02 Å². The number of anilines is 1. The number of nitrogens with one attached hydrogen (secondary N) is 1. The first-order valence-corrected chi connectivity index (χ1v) is 11.6. The SMILES string of the molecule is COc1cccc([C@H]2O[C@H](CC3=NC(O)ON3)C(=O)N(CC(C)(C)C)c3ccc(Cl)cc32)c1OC. The molecule has 2 heterocycles. The molecule has 3 atom stereocenters. The smallest absolute Gasteiger partial charge is 0.280 e. The van der Waals surface area contributed by atoms with E-state index < -0.39 is 18.6 Å². The summed E-state index contributed by atoms with van der Waals surface area (Å²) in [7, 11) is 3.12. The number of amidine groups is 1. The Kier molecular flexibility index (Phi) is 7.23. The minimum Gasteiger partial charge on any atom is -0.493 e. The fraction of sp³-hybridized carbons (Fsp3) is 0.440. The normalized spacial score (nSPS) is 22.3. The topological polar surface area (TPSA) is 102 Å². The number of carbonyl (C=O) groups is 1. The molecule has 4 rings (SSSR count). The maximum absolute atomic E-state index is 13.9. The lowest BCUT2D eigenvalue weighted by molar-refractivity contribution is -0.131. The molecule has 0 saturated carbocycles. The van der Waals surface area contributed by atoms with Gasteiger partial charge in [0.2, 0.25) is 0 Å². The predicted octanol–water partition coefficient (Wildman–Crippen LogP) is 3.82. The van der Waals surface area contributed by atoms with Gasteiger partial charge in [0.25, 0.3) is 12.3 Å². The van der Waals surface area contributed by atoms with Crippen LogP contribution in [-0.2, 0) is 14.4 Å². The van der Waals surface area contributed by atoms with E-state index >= 15 is 0 Å². The zero-order valence-corrected chi connectivity index (χ0v) is 21.1. The number of hydroxylamine groups is 1. The Morgan fingerprint density at radius 3 is 2.57 bits per heavy atom. The highest BCUT2D eigenvalue weighted by Crippen LogP contribution is 2.45. The van der Waals surface area contributed by atoms with Crippen molar-refractivity contribution in [3.63, 3.8) is 0 Å². The summed E-state index contributed by atoms with van der Waals surface area (Å²) in [6.07, 6.45) is -2.91. The number of rotatable bonds is 6. The summed E-state index contributed by atoms with van der Waals surface area (Å²) in [4.78, 5) is 24.5. The number of fused-ring (bicyclic) bond motifs is 1. The molecule has 2 aromatic carbocycles. The van der Waals surface area contributed by atoms with Crippen molar-refractivity contribution in [1.29, 1.82) is 0 Å². The van der Waals surface area contributed by atoms with E-state index in [1.54, 1.807) is 31.3 Å². The van der Waals surface area contributed by atoms with Gasteiger partial charge in [-0.05, 0) is 29.7 Å². The molecular weight excluding hydrogens is 474 g/mol. The van der Waals surface area contributed by atoms with Gasteiger partial charge in [-0.1, -0.05) is 44.5 Å². The molecule has 0 aromatic heterocycles. The van der Waals surface area contributed by atoms with Crippen LogP contribution in [0.4, 0.5) is 5.69 Å². The molecule has 0 bridgehead atoms. The molecule has 2 aromatic rings. The first kappa shape index (κ1) is 25.2. The van der Waals surface area contributed by atoms with E-state index in [1.165, 1.54) is 0 Å². The molecular formula is C25H30ClN3O6. The second-order valence-electron chi connectivity index (χ2n) is 9.60. The third-order valence-corrected chi connectivity index (χ3v) is 5.92. The number of para-hydroxylation sites is 1. The number of hydrogen-bond donors (Lipinski definition) is 2. The monoisotopic (exact) mass is 503 g/mol. The van der Waals surface area contributed by atoms with Crippen LogP contribution in [0, 0.1) is 5.41 Å². The minimum absolute atomic E-state index is 0.0705. The molecule has 0 saturated heterocycles. The number of carbonyl (C=O) groups excluding carboxylic acids is 1. The largest absolute Gasteiger partial charge is 0.493 e. The summed E-state index contributed by atoms with van der Waals surface area (Å²) in [5, 5.41) is 10.1. The van der Waals surface area contributed by atoms with Crippen LogP contribution in [0.3, 0.4) is 0 Å². The Labute approximate surface area is 209 Å². The fourth-order valence-corrected chi connectivity index (χ4v) is 4.46. The molecule has 9 nitrogen and oxygen atoms in total. The highest BCUT2D eigenvalue weighted by atomic mass is 35.5. The average molecular weight is 504 g/mol. The molecule has 0 spiro atoms. The van der Waals surface area contributed by atoms with Crippen LogP contribution < -0.4 is 19.9 Å². The Bertz CT molecular complexity index is 1130. The zero-order valence-electron chi connectivity index (χ0n) is 20.4. The first-order chi connectivity index (χ1) is 16.6. The van der Waals surface area contributed by atoms with E-state index in [2.05, 4.69) is 31.2 Å². The third-order valence-electron chi connectivity index (χ3n) is 5.68. The van der Waals surface area contributed by atoms with Crippen LogP contribution >= 0.6 is 11.6 Å². The van der Waals surface area contributed by atoms with E-state index in [0.29, 0.717) is 40.2 Å². The van der Waals surface area contributed by atoms with Gasteiger partial charge in [0.15, 0.2) is 11.5 Å². The number of amides is 1. The lowest BCUT2D eigenvalue weighted by atomic mass is 9.94. The second kappa shape index (κ2) is 10.0. The van der Waals surface area contributed by atoms with Gasteiger partial charge in [-0.15, -0.1) is 0 Å². The standard InChI is InChI=1S/C25H30ClN3O6/c1-25(2,3)13-29-17-10-9-14(26)11-16(17)21(15-7-6-8-18(32-4)22(15)33-5)34-19(23(29)30)12-20-27-24(31)35-28-20/h6-11,19,21,24,31H,12-13H2,1-5H3,(H,27,28)/t19-,21-,24?/m1/s1. The lowest BCUT2D eigenvalue weighted by Gasteiger charge is -2.31. The van der Waals surface area contributed by atoms with Gasteiger partial charge < -0.3 is 24.2 Å². The summed E-state index contributed by atoms with van der Waals surface area (Å²) in [5.74, 6) is 1.11. The van der Waals surface area contributed by atoms with Crippen molar-refractivity contribution in [1.82, 2.24) is 5.48 Å². The molecule has 1 unspecified atom stereocenters. The molecule has 2 aliphatic heterocycles. The van der Waals surface area contributed by atoms with E-state index in [0.717, 1.165) is 5.56 Å². The van der Waals surface area contributed by atoms with Crippen molar-refractivity contribution < 1.29 is 28.9 Å². The molecule has 2 N–H and O–H groups in total. The minimum atomic E-state index is -1.33. The number of ether oxygens (including phenoxy) is 3. The first-order valence-electron chi connectivity index (χ1n) is 11.2. The Hall–Kier alpha value is -2.85. The Morgan fingerprint density at radius 1 is 1.17 bits per heavy atom. The number of hydrogen-bond acceptors (Lipinski definition) is 8. The van der Waals surface area contributed by atoms with Crippen molar-refractivity contribution >= 4 is 29.0 Å². The summed E-state index contributed by atoms with van der Waals surface area (Å²) in [5.41, 5.74) is 4.47. The number of nitrogens with zero attached hydrogens (tertiary/aromatic N) is 2. The summed E-state index contributed by atoms with van der Waals surface area (Å²) < 4.78 is 17.7. The molecule has 0 fully saturated rings. The van der Waals surface area contributed by atoms with Crippen molar-refractivity contribution in [2.75, 3.05) is 25.7 Å². The third kappa shape index (κ3) is 5.38.